The number of hydrogen-bond donors (Lipinski definition) is 2. The molecule has 0 aliphatic heterocycles. The van der Waals surface area contributed by atoms with Gasteiger partial charge in [0.25, 0.3) is 0 Å². The lowest BCUT2D eigenvalue weighted by Gasteiger charge is -2.14. The van der Waals surface area contributed by atoms with E-state index in [2.05, 4.69) is 0 Å². The van der Waals surface area contributed by atoms with Crippen LogP contribution in [0, 0.1) is 0 Å². The molecule has 0 saturated carbocycles. The number of rotatable bonds is 5. The number of fused-ring (bicyclic) bond motifs is 1. The lowest BCUT2D eigenvalue weighted by molar-refractivity contribution is -0.192. The number of carboxylic acid groups (broad SMARTS) is 2. The summed E-state index contributed by atoms with van der Waals surface area (Å²) in [7, 11) is 0. The van der Waals surface area contributed by atoms with Crippen LogP contribution in [0.5, 0.6) is 5.75 Å². The molecule has 32 heavy (non-hydrogen) atoms. The van der Waals surface area contributed by atoms with Crippen LogP contribution in [0.4, 0.5) is 26.3 Å². The van der Waals surface area contributed by atoms with Crippen LogP contribution in [0.2, 0.25) is 0 Å². The van der Waals surface area contributed by atoms with Crippen molar-refractivity contribution in [3.63, 3.8) is 0 Å². The predicted molar refractivity (Wildman–Crippen MR) is 99.5 cm³/mol. The molecule has 6 nitrogen and oxygen atoms in total. The number of carbonyl (C=O) groups is 2. The Bertz CT molecular complexity index is 1100. The molecule has 2 aromatic carbocycles. The molecule has 0 radical (unpaired) electrons. The van der Waals surface area contributed by atoms with Gasteiger partial charge in [-0.1, -0.05) is 30.3 Å². The summed E-state index contributed by atoms with van der Waals surface area (Å²) in [4.78, 5) is 20.3. The Kier molecular flexibility index (Phi) is 7.39. The number of aromatic nitrogens is 1. The SMILES string of the molecule is O=C(O)C(F)(F)F.O=C(O)c1cc2ccccc2n1CCOc1ccccc1C(F)(F)F. The minimum atomic E-state index is -5.08. The van der Waals surface area contributed by atoms with Gasteiger partial charge >= 0.3 is 24.3 Å². The predicted octanol–water partition coefficient (Wildman–Crippen LogP) is 5.07. The first-order valence-corrected chi connectivity index (χ1v) is 8.73. The first-order valence-electron chi connectivity index (χ1n) is 8.73. The Morgan fingerprint density at radius 1 is 0.906 bits per heavy atom. The molecule has 1 aromatic heterocycles. The molecule has 0 bridgehead atoms. The second kappa shape index (κ2) is 9.62. The Hall–Kier alpha value is -3.70. The fourth-order valence-corrected chi connectivity index (χ4v) is 2.70. The number of nitrogens with zero attached hydrogens (tertiary/aromatic N) is 1. The van der Waals surface area contributed by atoms with E-state index in [0.717, 1.165) is 11.5 Å². The van der Waals surface area contributed by atoms with E-state index in [9.17, 15) is 36.2 Å². The molecule has 0 aliphatic carbocycles. The summed E-state index contributed by atoms with van der Waals surface area (Å²) in [6.07, 6.45) is -9.59. The summed E-state index contributed by atoms with van der Waals surface area (Å²) in [5.41, 5.74) is -0.104. The van der Waals surface area contributed by atoms with Crippen LogP contribution in [0.15, 0.2) is 54.6 Å². The molecule has 172 valence electrons. The Balaban J connectivity index is 0.000000451. The van der Waals surface area contributed by atoms with Crippen molar-refractivity contribution in [3.05, 3.63) is 65.9 Å². The van der Waals surface area contributed by atoms with Crippen LogP contribution in [0.25, 0.3) is 10.9 Å². The van der Waals surface area contributed by atoms with E-state index in [-0.39, 0.29) is 24.6 Å². The van der Waals surface area contributed by atoms with E-state index in [1.807, 2.05) is 0 Å². The molecule has 0 unspecified atom stereocenters. The second-order valence-electron chi connectivity index (χ2n) is 6.19. The van der Waals surface area contributed by atoms with Crippen LogP contribution in [0.3, 0.4) is 0 Å². The standard InChI is InChI=1S/C18H14F3NO3.C2HF3O2/c19-18(20,21)13-6-2-4-8-16(13)25-10-9-22-14-7-3-1-5-12(14)11-15(22)17(23)24;3-2(4,5)1(6)7/h1-8,11H,9-10H2,(H,23,24);(H,6,7). The van der Waals surface area contributed by atoms with Crippen LogP contribution >= 0.6 is 0 Å². The molecule has 2 N–H and O–H groups in total. The van der Waals surface area contributed by atoms with Crippen molar-refractivity contribution in [2.24, 2.45) is 0 Å². The monoisotopic (exact) mass is 463 g/mol. The Labute approximate surface area is 176 Å². The van der Waals surface area contributed by atoms with Gasteiger partial charge < -0.3 is 19.5 Å². The second-order valence-corrected chi connectivity index (χ2v) is 6.19. The molecule has 0 aliphatic rings. The molecule has 0 atom stereocenters. The van der Waals surface area contributed by atoms with E-state index in [0.29, 0.717) is 5.52 Å². The van der Waals surface area contributed by atoms with Crippen molar-refractivity contribution < 1.29 is 50.9 Å². The lowest BCUT2D eigenvalue weighted by atomic mass is 10.2. The van der Waals surface area contributed by atoms with Crippen molar-refractivity contribution in [1.82, 2.24) is 4.57 Å². The highest BCUT2D eigenvalue weighted by atomic mass is 19.4. The topological polar surface area (TPSA) is 88.8 Å². The first-order chi connectivity index (χ1) is 14.8. The van der Waals surface area contributed by atoms with Crippen molar-refractivity contribution in [3.8, 4) is 5.75 Å². The van der Waals surface area contributed by atoms with Gasteiger partial charge in [-0.3, -0.25) is 0 Å². The van der Waals surface area contributed by atoms with Gasteiger partial charge in [-0.25, -0.2) is 9.59 Å². The molecule has 3 rings (SSSR count). The van der Waals surface area contributed by atoms with Crippen LogP contribution in [-0.4, -0.2) is 39.5 Å². The largest absolute Gasteiger partial charge is 0.491 e. The number of hydrogen-bond acceptors (Lipinski definition) is 3. The highest BCUT2D eigenvalue weighted by Crippen LogP contribution is 2.35. The molecular formula is C20H15F6NO5. The zero-order valence-electron chi connectivity index (χ0n) is 15.9. The fourth-order valence-electron chi connectivity index (χ4n) is 2.70. The number of para-hydroxylation sites is 2. The minimum Gasteiger partial charge on any atom is -0.491 e. The van der Waals surface area contributed by atoms with Crippen molar-refractivity contribution in [2.75, 3.05) is 6.61 Å². The van der Waals surface area contributed by atoms with Gasteiger partial charge in [0, 0.05) is 10.9 Å². The van der Waals surface area contributed by atoms with Crippen molar-refractivity contribution >= 4 is 22.8 Å². The molecule has 3 aromatic rings. The molecule has 0 spiro atoms. The summed E-state index contributed by atoms with van der Waals surface area (Å²) in [6, 6.07) is 13.6. The third-order valence-electron chi connectivity index (χ3n) is 4.04. The average Bonchev–Trinajstić information content (AvgIpc) is 3.06. The maximum atomic E-state index is 13.0. The van der Waals surface area contributed by atoms with Gasteiger partial charge in [-0.15, -0.1) is 0 Å². The third kappa shape index (κ3) is 6.15. The number of ether oxygens (including phenoxy) is 1. The number of benzene rings is 2. The molecule has 12 heteroatoms. The van der Waals surface area contributed by atoms with Crippen LogP contribution in [-0.2, 0) is 17.5 Å². The first kappa shape index (κ1) is 24.6. The van der Waals surface area contributed by atoms with Gasteiger partial charge in [0.2, 0.25) is 0 Å². The molecule has 1 heterocycles. The van der Waals surface area contributed by atoms with Crippen molar-refractivity contribution in [1.29, 1.82) is 0 Å². The van der Waals surface area contributed by atoms with Crippen LogP contribution < -0.4 is 4.74 Å². The highest BCUT2D eigenvalue weighted by molar-refractivity contribution is 5.94. The van der Waals surface area contributed by atoms with Crippen molar-refractivity contribution in [2.45, 2.75) is 18.9 Å². The summed E-state index contributed by atoms with van der Waals surface area (Å²) in [6.45, 7) is 0.0212. The van der Waals surface area contributed by atoms with E-state index >= 15 is 0 Å². The summed E-state index contributed by atoms with van der Waals surface area (Å²) < 4.78 is 77.4. The van der Waals surface area contributed by atoms with E-state index in [4.69, 9.17) is 14.6 Å². The van der Waals surface area contributed by atoms with Gasteiger partial charge in [0.15, 0.2) is 0 Å². The summed E-state index contributed by atoms with van der Waals surface area (Å²) in [5.74, 6) is -4.14. The normalized spacial score (nSPS) is 11.6. The van der Waals surface area contributed by atoms with Gasteiger partial charge in [0.05, 0.1) is 12.1 Å². The van der Waals surface area contributed by atoms with Crippen LogP contribution in [0.1, 0.15) is 16.1 Å². The van der Waals surface area contributed by atoms with Gasteiger partial charge in [-0.05, 0) is 24.3 Å². The zero-order valence-corrected chi connectivity index (χ0v) is 15.9. The van der Waals surface area contributed by atoms with Gasteiger partial charge in [-0.2, -0.15) is 26.3 Å². The summed E-state index contributed by atoms with van der Waals surface area (Å²) >= 11 is 0. The minimum absolute atomic E-state index is 0.0638. The summed E-state index contributed by atoms with van der Waals surface area (Å²) in [5, 5.41) is 17.2. The number of aliphatic carboxylic acids is 1. The maximum absolute atomic E-state index is 13.0. The van der Waals surface area contributed by atoms with Gasteiger partial charge in [0.1, 0.15) is 18.1 Å². The van der Waals surface area contributed by atoms with E-state index < -0.39 is 29.9 Å². The third-order valence-corrected chi connectivity index (χ3v) is 4.04. The number of carboxylic acids is 2. The Morgan fingerprint density at radius 2 is 1.47 bits per heavy atom. The number of aromatic carboxylic acids is 1. The maximum Gasteiger partial charge on any atom is 0.490 e. The molecule has 0 fully saturated rings. The highest BCUT2D eigenvalue weighted by Gasteiger charge is 2.38. The Morgan fingerprint density at radius 3 is 2.03 bits per heavy atom. The molecular weight excluding hydrogens is 448 g/mol. The lowest BCUT2D eigenvalue weighted by Crippen LogP contribution is -2.21. The zero-order chi connectivity index (χ0) is 24.1. The van der Waals surface area contributed by atoms with E-state index in [1.54, 1.807) is 24.3 Å². The number of halogens is 6. The fraction of sp³-hybridized carbons (Fsp3) is 0.200. The quantitative estimate of drug-likeness (QED) is 0.516. The van der Waals surface area contributed by atoms with E-state index in [1.165, 1.54) is 28.8 Å². The molecule has 0 saturated heterocycles. The molecule has 0 amide bonds. The number of alkyl halides is 6. The average molecular weight is 463 g/mol. The smallest absolute Gasteiger partial charge is 0.490 e.